The lowest BCUT2D eigenvalue weighted by atomic mass is 10.0. The number of nitriles is 2. The fourth-order valence-corrected chi connectivity index (χ4v) is 9.75. The lowest BCUT2D eigenvalue weighted by molar-refractivity contribution is -0.385. The summed E-state index contributed by atoms with van der Waals surface area (Å²) in [7, 11) is 0. The van der Waals surface area contributed by atoms with Crippen LogP contribution in [0.15, 0.2) is 170 Å². The van der Waals surface area contributed by atoms with Gasteiger partial charge in [0.15, 0.2) is 0 Å². The van der Waals surface area contributed by atoms with Gasteiger partial charge in [-0.2, -0.15) is 10.5 Å². The summed E-state index contributed by atoms with van der Waals surface area (Å²) in [5.41, 5.74) is 14.2. The van der Waals surface area contributed by atoms with Crippen LogP contribution in [-0.4, -0.2) is 51.9 Å². The van der Waals surface area contributed by atoms with Crippen LogP contribution in [0.1, 0.15) is 88.0 Å². The maximum Gasteiger partial charge on any atom is 0.335 e. The van der Waals surface area contributed by atoms with Crippen molar-refractivity contribution < 1.29 is 29.6 Å². The van der Waals surface area contributed by atoms with E-state index in [1.807, 2.05) is 121 Å². The third kappa shape index (κ3) is 11.4. The number of nitrogens with one attached hydrogen (secondary N) is 2. The van der Waals surface area contributed by atoms with Crippen LogP contribution < -0.4 is 0 Å². The van der Waals surface area contributed by atoms with Gasteiger partial charge in [-0.3, -0.25) is 20.2 Å². The molecule has 84 heavy (non-hydrogen) atoms. The van der Waals surface area contributed by atoms with Gasteiger partial charge in [0.2, 0.25) is 0 Å². The van der Waals surface area contributed by atoms with Gasteiger partial charge in [-0.1, -0.05) is 97.1 Å². The van der Waals surface area contributed by atoms with Crippen LogP contribution in [-0.2, 0) is 0 Å². The van der Waals surface area contributed by atoms with Crippen molar-refractivity contribution in [3.8, 4) is 34.4 Å². The molecule has 3 aromatic heterocycles. The van der Waals surface area contributed by atoms with Gasteiger partial charge in [0.25, 0.3) is 11.4 Å². The Morgan fingerprint density at radius 1 is 0.417 bits per heavy atom. The number of fused-ring (bicyclic) bond motifs is 8. The number of aromatic carboxylic acids is 2. The van der Waals surface area contributed by atoms with E-state index in [1.54, 1.807) is 84.9 Å². The fourth-order valence-electron chi connectivity index (χ4n) is 9.75. The molecule has 402 valence electrons. The molecule has 6 aromatic carbocycles. The summed E-state index contributed by atoms with van der Waals surface area (Å²) in [5.74, 6) is -2.13. The first-order valence-electron chi connectivity index (χ1n) is 25.9. The van der Waals surface area contributed by atoms with Gasteiger partial charge >= 0.3 is 11.9 Å². The summed E-state index contributed by atoms with van der Waals surface area (Å²) in [6.07, 6.45) is 18.8. The smallest absolute Gasteiger partial charge is 0.335 e. The number of nitrogens with zero attached hydrogens (tertiary/aromatic N) is 6. The second-order valence-electron chi connectivity index (χ2n) is 19.3. The second kappa shape index (κ2) is 23.1. The number of hydrogen-bond donors (Lipinski definition) is 4. The molecule has 0 radical (unpaired) electrons. The van der Waals surface area contributed by atoms with Crippen LogP contribution in [0.3, 0.4) is 0 Å². The molecule has 16 heteroatoms. The number of hydrogen-bond acceptors (Lipinski definition) is 10. The molecule has 2 aliphatic rings. The molecule has 9 aromatic rings. The van der Waals surface area contributed by atoms with E-state index in [4.69, 9.17) is 9.97 Å². The van der Waals surface area contributed by atoms with Gasteiger partial charge in [-0.15, -0.1) is 0 Å². The average Bonchev–Trinajstić information content (AvgIpc) is 3.60. The molecule has 0 aliphatic carbocycles. The molecule has 0 fully saturated rings. The Morgan fingerprint density at radius 3 is 1.07 bits per heavy atom. The number of non-ortho nitro benzene ring substituents is 2. The van der Waals surface area contributed by atoms with E-state index in [-0.39, 0.29) is 22.5 Å². The highest BCUT2D eigenvalue weighted by Crippen LogP contribution is 2.36. The molecule has 0 unspecified atom stereocenters. The number of aromatic nitrogens is 4. The van der Waals surface area contributed by atoms with Crippen molar-refractivity contribution >= 4 is 117 Å². The van der Waals surface area contributed by atoms with Crippen LogP contribution in [0.2, 0.25) is 0 Å². The Kier molecular flexibility index (Phi) is 14.8. The zero-order valence-electron chi connectivity index (χ0n) is 44.0. The Hall–Kier alpha value is -12.4. The highest BCUT2D eigenvalue weighted by Gasteiger charge is 2.19. The van der Waals surface area contributed by atoms with Gasteiger partial charge in [0, 0.05) is 68.6 Å². The minimum absolute atomic E-state index is 0.0750. The zero-order chi connectivity index (χ0) is 58.4. The normalized spacial score (nSPS) is 12.1. The number of rotatable bonds is 14. The standard InChI is InChI=1S/C68H42N8O8/c69-39-51(45-19-23-53(24-20-45)75(81)82)37-43-5-1-41(2-6-43)9-27-55-57-29-33-61(71-57)65(47-11-15-49(16-12-47)67(77)78)63-35-31-59(73-63)56(28-10-42-3-7-44(8-4-42)38-52(40-70)46-21-25-54(26-22-46)76(83)84)60-32-36-64(74-60)66(62-34-30-58(55)72-62)48-13-17-50(18-14-48)68(79)80/h1-38,71,74H,(H,77,78)(H,79,80)/b27-9+,28-10+,51-37+,52-38+,57-55?,58-55?,59-56?,60-56?,65-61?,65-63?,66-62?,66-64?. The molecule has 0 saturated carbocycles. The highest BCUT2D eigenvalue weighted by atomic mass is 16.6. The quantitative estimate of drug-likeness (QED) is 0.0343. The summed E-state index contributed by atoms with van der Waals surface area (Å²) in [6.45, 7) is 0. The Labute approximate surface area is 478 Å². The summed E-state index contributed by atoms with van der Waals surface area (Å²) >= 11 is 0. The molecule has 5 heterocycles. The highest BCUT2D eigenvalue weighted by molar-refractivity contribution is 5.99. The number of aromatic amines is 2. The Morgan fingerprint density at radius 2 is 0.738 bits per heavy atom. The van der Waals surface area contributed by atoms with E-state index in [9.17, 15) is 50.6 Å². The Bertz CT molecular complexity index is 4330. The number of benzene rings is 6. The van der Waals surface area contributed by atoms with Crippen molar-refractivity contribution in [1.82, 2.24) is 19.9 Å². The molecule has 11 rings (SSSR count). The van der Waals surface area contributed by atoms with Crippen LogP contribution in [0, 0.1) is 42.9 Å². The molecule has 4 N–H and O–H groups in total. The number of nitro groups is 2. The first-order chi connectivity index (χ1) is 40.8. The lowest BCUT2D eigenvalue weighted by Crippen LogP contribution is -1.95. The van der Waals surface area contributed by atoms with Crippen LogP contribution in [0.4, 0.5) is 11.4 Å². The molecule has 2 aliphatic heterocycles. The number of carboxylic acids is 2. The molecule has 0 atom stereocenters. The van der Waals surface area contributed by atoms with E-state index >= 15 is 0 Å². The maximum atomic E-state index is 12.1. The van der Waals surface area contributed by atoms with Crippen molar-refractivity contribution in [2.45, 2.75) is 0 Å². The number of carboxylic acid groups (broad SMARTS) is 2. The van der Waals surface area contributed by atoms with E-state index in [1.165, 1.54) is 24.3 Å². The van der Waals surface area contributed by atoms with E-state index in [0.29, 0.717) is 100 Å². The van der Waals surface area contributed by atoms with Crippen molar-refractivity contribution in [2.24, 2.45) is 0 Å². The summed E-state index contributed by atoms with van der Waals surface area (Å²) in [5, 5.41) is 62.2. The second-order valence-corrected chi connectivity index (χ2v) is 19.3. The third-order valence-corrected chi connectivity index (χ3v) is 14.1. The topological polar surface area (TPSA) is 266 Å². The molecule has 0 amide bonds. The number of carbonyl (C=O) groups is 2. The fraction of sp³-hybridized carbons (Fsp3) is 0. The van der Waals surface area contributed by atoms with Gasteiger partial charge in [0.05, 0.1) is 67.0 Å². The first-order valence-corrected chi connectivity index (χ1v) is 25.9. The molecule has 16 nitrogen and oxygen atoms in total. The van der Waals surface area contributed by atoms with Crippen molar-refractivity contribution in [2.75, 3.05) is 0 Å². The van der Waals surface area contributed by atoms with Crippen LogP contribution >= 0.6 is 0 Å². The molecule has 8 bridgehead atoms. The largest absolute Gasteiger partial charge is 0.478 e. The van der Waals surface area contributed by atoms with Crippen LogP contribution in [0.5, 0.6) is 0 Å². The summed E-state index contributed by atoms with van der Waals surface area (Å²) in [4.78, 5) is 63.5. The van der Waals surface area contributed by atoms with Crippen molar-refractivity contribution in [3.63, 3.8) is 0 Å². The maximum absolute atomic E-state index is 12.1. The monoisotopic (exact) mass is 1100 g/mol. The minimum Gasteiger partial charge on any atom is -0.478 e. The first kappa shape index (κ1) is 53.6. The minimum atomic E-state index is -1.07. The number of allylic oxidation sites excluding steroid dienone is 2. The average molecular weight is 1100 g/mol. The van der Waals surface area contributed by atoms with E-state index in [2.05, 4.69) is 22.1 Å². The molecule has 0 spiro atoms. The van der Waals surface area contributed by atoms with Gasteiger partial charge in [-0.05, 0) is 154 Å². The zero-order valence-corrected chi connectivity index (χ0v) is 44.0. The summed E-state index contributed by atoms with van der Waals surface area (Å²) < 4.78 is 0. The summed E-state index contributed by atoms with van der Waals surface area (Å²) in [6, 6.07) is 52.0. The predicted molar refractivity (Wildman–Crippen MR) is 328 cm³/mol. The third-order valence-electron chi connectivity index (χ3n) is 14.1. The number of H-pyrrole nitrogens is 2. The van der Waals surface area contributed by atoms with E-state index in [0.717, 1.165) is 22.3 Å². The van der Waals surface area contributed by atoms with Gasteiger partial charge < -0.3 is 20.2 Å². The molecule has 0 saturated heterocycles. The SMILES string of the molecule is N#C/C(=C\c1ccc(/C=C/c2c3nc(c(-c4ccc(C(=O)O)cc4)c4ccc([nH]4)c(/C=C/c4ccc(/C=C(\C#N)c5ccc([N+](=O)[O-])cc5)cc4)c4nc(c(-c5ccc(C(=O)O)cc5)c5ccc2[nH]5)C=C4)C=C3)cc1)c1ccc([N+](=O)[O-])cc1. The predicted octanol–water partition coefficient (Wildman–Crippen LogP) is 15.7. The molecular formula is C68H42N8O8. The molecular weight excluding hydrogens is 1060 g/mol. The number of nitro benzene ring substituents is 2. The lowest BCUT2D eigenvalue weighted by Gasteiger charge is -2.06. The Balaban J connectivity index is 1.07. The van der Waals surface area contributed by atoms with Gasteiger partial charge in [0.1, 0.15) is 0 Å². The van der Waals surface area contributed by atoms with Crippen molar-refractivity contribution in [1.29, 1.82) is 10.5 Å². The van der Waals surface area contributed by atoms with Crippen molar-refractivity contribution in [3.05, 3.63) is 268 Å². The van der Waals surface area contributed by atoms with Gasteiger partial charge in [-0.25, -0.2) is 19.6 Å². The van der Waals surface area contributed by atoms with E-state index < -0.39 is 21.8 Å². The van der Waals surface area contributed by atoms with Crippen LogP contribution in [0.25, 0.3) is 116 Å².